The van der Waals surface area contributed by atoms with Crippen LogP contribution in [0.1, 0.15) is 22.3 Å². The monoisotopic (exact) mass is 271 g/mol. The van der Waals surface area contributed by atoms with Gasteiger partial charge in [0.25, 0.3) is 0 Å². The van der Waals surface area contributed by atoms with Gasteiger partial charge >= 0.3 is 5.97 Å². The Morgan fingerprint density at radius 3 is 2.56 bits per heavy atom. The molecule has 0 bridgehead atoms. The standard InChI is InChI=1S/C12H17NO4S/c1-9-8-10(12(14)15)4-5-11(9)13-6-3-7-18(2,16)17/h4-5,8,13H,3,6-7H2,1-2H3,(H,14,15). The highest BCUT2D eigenvalue weighted by atomic mass is 32.2. The van der Waals surface area contributed by atoms with Crippen LogP contribution >= 0.6 is 0 Å². The van der Waals surface area contributed by atoms with Crippen LogP contribution in [0.3, 0.4) is 0 Å². The number of aromatic carboxylic acids is 1. The normalized spacial score (nSPS) is 11.2. The fourth-order valence-electron chi connectivity index (χ4n) is 1.55. The molecule has 0 saturated heterocycles. The lowest BCUT2D eigenvalue weighted by Gasteiger charge is -2.09. The summed E-state index contributed by atoms with van der Waals surface area (Å²) in [7, 11) is -2.92. The van der Waals surface area contributed by atoms with Crippen molar-refractivity contribution in [2.45, 2.75) is 13.3 Å². The maximum atomic E-state index is 10.9. The minimum Gasteiger partial charge on any atom is -0.478 e. The number of carboxylic acids is 1. The molecule has 0 aliphatic carbocycles. The van der Waals surface area contributed by atoms with E-state index in [4.69, 9.17) is 5.11 Å². The fourth-order valence-corrected chi connectivity index (χ4v) is 2.22. The van der Waals surface area contributed by atoms with Gasteiger partial charge < -0.3 is 10.4 Å². The third-order valence-electron chi connectivity index (χ3n) is 2.48. The second-order valence-corrected chi connectivity index (χ2v) is 6.50. The van der Waals surface area contributed by atoms with Gasteiger partial charge in [0.15, 0.2) is 0 Å². The summed E-state index contributed by atoms with van der Waals surface area (Å²) in [6.07, 6.45) is 1.73. The smallest absolute Gasteiger partial charge is 0.335 e. The molecule has 6 heteroatoms. The second kappa shape index (κ2) is 5.86. The van der Waals surface area contributed by atoms with Gasteiger partial charge in [-0.25, -0.2) is 13.2 Å². The SMILES string of the molecule is Cc1cc(C(=O)O)ccc1NCCCS(C)(=O)=O. The lowest BCUT2D eigenvalue weighted by atomic mass is 10.1. The van der Waals surface area contributed by atoms with Crippen molar-refractivity contribution in [2.75, 3.05) is 23.9 Å². The summed E-state index contributed by atoms with van der Waals surface area (Å²) in [6.45, 7) is 2.35. The molecule has 0 aliphatic heterocycles. The minimum atomic E-state index is -2.92. The highest BCUT2D eigenvalue weighted by Gasteiger charge is 2.06. The Labute approximate surface area is 107 Å². The Morgan fingerprint density at radius 2 is 2.06 bits per heavy atom. The zero-order valence-electron chi connectivity index (χ0n) is 10.4. The van der Waals surface area contributed by atoms with Crippen LogP contribution in [0.25, 0.3) is 0 Å². The van der Waals surface area contributed by atoms with Gasteiger partial charge in [-0.1, -0.05) is 0 Å². The summed E-state index contributed by atoms with van der Waals surface area (Å²) in [4.78, 5) is 10.7. The predicted octanol–water partition coefficient (Wildman–Crippen LogP) is 1.54. The van der Waals surface area contributed by atoms with E-state index in [1.807, 2.05) is 6.92 Å². The molecule has 0 fully saturated rings. The molecule has 0 aromatic heterocycles. The average molecular weight is 271 g/mol. The van der Waals surface area contributed by atoms with Crippen molar-refractivity contribution in [2.24, 2.45) is 0 Å². The van der Waals surface area contributed by atoms with Crippen molar-refractivity contribution in [3.8, 4) is 0 Å². The summed E-state index contributed by atoms with van der Waals surface area (Å²) >= 11 is 0. The van der Waals surface area contributed by atoms with Crippen molar-refractivity contribution in [3.05, 3.63) is 29.3 Å². The first-order chi connectivity index (χ1) is 8.29. The molecule has 100 valence electrons. The average Bonchev–Trinajstić information content (AvgIpc) is 2.24. The van der Waals surface area contributed by atoms with E-state index in [2.05, 4.69) is 5.32 Å². The maximum Gasteiger partial charge on any atom is 0.335 e. The van der Waals surface area contributed by atoms with Gasteiger partial charge in [0.1, 0.15) is 9.84 Å². The first-order valence-electron chi connectivity index (χ1n) is 5.55. The number of carboxylic acid groups (broad SMARTS) is 1. The first kappa shape index (κ1) is 14.5. The lowest BCUT2D eigenvalue weighted by molar-refractivity contribution is 0.0697. The summed E-state index contributed by atoms with van der Waals surface area (Å²) in [6, 6.07) is 4.80. The van der Waals surface area contributed by atoms with Gasteiger partial charge in [0.05, 0.1) is 11.3 Å². The Bertz CT molecular complexity index is 537. The van der Waals surface area contributed by atoms with Gasteiger partial charge in [-0.15, -0.1) is 0 Å². The van der Waals surface area contributed by atoms with Gasteiger partial charge in [0, 0.05) is 18.5 Å². The highest BCUT2D eigenvalue weighted by Crippen LogP contribution is 2.16. The molecule has 5 nitrogen and oxygen atoms in total. The largest absolute Gasteiger partial charge is 0.478 e. The van der Waals surface area contributed by atoms with E-state index in [1.165, 1.54) is 12.3 Å². The van der Waals surface area contributed by atoms with Crippen LogP contribution in [-0.4, -0.2) is 38.0 Å². The van der Waals surface area contributed by atoms with E-state index in [0.29, 0.717) is 13.0 Å². The van der Waals surface area contributed by atoms with Crippen LogP contribution in [0.2, 0.25) is 0 Å². The number of rotatable bonds is 6. The molecule has 0 amide bonds. The van der Waals surface area contributed by atoms with E-state index in [9.17, 15) is 13.2 Å². The van der Waals surface area contributed by atoms with Crippen molar-refractivity contribution < 1.29 is 18.3 Å². The zero-order valence-corrected chi connectivity index (χ0v) is 11.3. The van der Waals surface area contributed by atoms with Crippen molar-refractivity contribution in [1.29, 1.82) is 0 Å². The Morgan fingerprint density at radius 1 is 1.39 bits per heavy atom. The number of hydrogen-bond acceptors (Lipinski definition) is 4. The second-order valence-electron chi connectivity index (χ2n) is 4.25. The number of hydrogen-bond donors (Lipinski definition) is 2. The quantitative estimate of drug-likeness (QED) is 0.767. The topological polar surface area (TPSA) is 83.5 Å². The molecule has 2 N–H and O–H groups in total. The lowest BCUT2D eigenvalue weighted by Crippen LogP contribution is -2.10. The first-order valence-corrected chi connectivity index (χ1v) is 7.61. The number of anilines is 1. The number of aryl methyl sites for hydroxylation is 1. The van der Waals surface area contributed by atoms with Crippen LogP contribution in [0.15, 0.2) is 18.2 Å². The molecule has 0 heterocycles. The third kappa shape index (κ3) is 4.75. The van der Waals surface area contributed by atoms with Crippen molar-refractivity contribution in [3.63, 3.8) is 0 Å². The number of carbonyl (C=O) groups is 1. The number of sulfone groups is 1. The third-order valence-corrected chi connectivity index (χ3v) is 3.51. The van der Waals surface area contributed by atoms with Crippen molar-refractivity contribution in [1.82, 2.24) is 0 Å². The predicted molar refractivity (Wildman–Crippen MR) is 71.0 cm³/mol. The summed E-state index contributed by atoms with van der Waals surface area (Å²) in [5.41, 5.74) is 1.90. The molecular weight excluding hydrogens is 254 g/mol. The van der Waals surface area contributed by atoms with Crippen LogP contribution < -0.4 is 5.32 Å². The van der Waals surface area contributed by atoms with Crippen LogP contribution in [-0.2, 0) is 9.84 Å². The molecule has 1 rings (SSSR count). The number of benzene rings is 1. The van der Waals surface area contributed by atoms with Crippen LogP contribution in [0.5, 0.6) is 0 Å². The maximum absolute atomic E-state index is 10.9. The van der Waals surface area contributed by atoms with Gasteiger partial charge in [-0.3, -0.25) is 0 Å². The fraction of sp³-hybridized carbons (Fsp3) is 0.417. The molecule has 0 unspecified atom stereocenters. The molecule has 18 heavy (non-hydrogen) atoms. The Hall–Kier alpha value is -1.56. The molecule has 0 radical (unpaired) electrons. The molecular formula is C12H17NO4S. The molecule has 0 saturated carbocycles. The van der Waals surface area contributed by atoms with Crippen molar-refractivity contribution >= 4 is 21.5 Å². The van der Waals surface area contributed by atoms with Crippen LogP contribution in [0.4, 0.5) is 5.69 Å². The summed E-state index contributed by atoms with van der Waals surface area (Å²) < 4.78 is 21.9. The Kier molecular flexibility index (Phi) is 4.72. The summed E-state index contributed by atoms with van der Waals surface area (Å²) in [5.74, 6) is -0.812. The molecule has 0 atom stereocenters. The minimum absolute atomic E-state index is 0.145. The Balaban J connectivity index is 2.56. The van der Waals surface area contributed by atoms with Gasteiger partial charge in [-0.2, -0.15) is 0 Å². The van der Waals surface area contributed by atoms with E-state index in [0.717, 1.165) is 11.3 Å². The molecule has 0 aliphatic rings. The van der Waals surface area contributed by atoms with E-state index in [1.54, 1.807) is 12.1 Å². The van der Waals surface area contributed by atoms with E-state index in [-0.39, 0.29) is 11.3 Å². The van der Waals surface area contributed by atoms with E-state index >= 15 is 0 Å². The molecule has 0 spiro atoms. The van der Waals surface area contributed by atoms with Gasteiger partial charge in [-0.05, 0) is 37.1 Å². The summed E-state index contributed by atoms with van der Waals surface area (Å²) in [5, 5.41) is 11.9. The van der Waals surface area contributed by atoms with Crippen LogP contribution in [0, 0.1) is 6.92 Å². The molecule has 1 aromatic carbocycles. The van der Waals surface area contributed by atoms with E-state index < -0.39 is 15.8 Å². The van der Waals surface area contributed by atoms with Gasteiger partial charge in [0.2, 0.25) is 0 Å². The number of nitrogens with one attached hydrogen (secondary N) is 1. The zero-order chi connectivity index (χ0) is 13.8. The highest BCUT2D eigenvalue weighted by molar-refractivity contribution is 7.90. The molecule has 1 aromatic rings.